The molecule has 0 spiro atoms. The first-order valence-corrected chi connectivity index (χ1v) is 6.59. The average Bonchev–Trinajstić information content (AvgIpc) is 2.18. The van der Waals surface area contributed by atoms with Crippen LogP contribution < -0.4 is 4.72 Å². The molecule has 0 saturated carbocycles. The number of nitrogens with one attached hydrogen (secondary N) is 1. The van der Waals surface area contributed by atoms with Gasteiger partial charge < -0.3 is 10.0 Å². The summed E-state index contributed by atoms with van der Waals surface area (Å²) in [7, 11) is -3.79. The van der Waals surface area contributed by atoms with Crippen molar-refractivity contribution in [2.24, 2.45) is 0 Å². The summed E-state index contributed by atoms with van der Waals surface area (Å²) in [5, 5.41) is 14.2. The fourth-order valence-electron chi connectivity index (χ4n) is 1.03. The third-order valence-electron chi connectivity index (χ3n) is 1.62. The van der Waals surface area contributed by atoms with E-state index in [0.29, 0.717) is 6.54 Å². The Morgan fingerprint density at radius 1 is 1.25 bits per heavy atom. The lowest BCUT2D eigenvalue weighted by Gasteiger charge is -2.01. The molecular formula is C9H16BNO4S. The molecule has 90 valence electrons. The number of hydrogen-bond donors (Lipinski definition) is 3. The van der Waals surface area contributed by atoms with E-state index in [1.54, 1.807) is 0 Å². The zero-order valence-electron chi connectivity index (χ0n) is 9.13. The lowest BCUT2D eigenvalue weighted by Crippen LogP contribution is -2.24. The van der Waals surface area contributed by atoms with Gasteiger partial charge in [-0.2, -0.15) is 0 Å². The van der Waals surface area contributed by atoms with Crippen LogP contribution in [0.1, 0.15) is 5.56 Å². The van der Waals surface area contributed by atoms with Crippen molar-refractivity contribution in [2.45, 2.75) is 6.42 Å². The van der Waals surface area contributed by atoms with Crippen molar-refractivity contribution in [2.75, 3.05) is 12.8 Å². The Hall–Kier alpha value is -0.885. The van der Waals surface area contributed by atoms with E-state index in [1.807, 2.05) is 30.3 Å². The van der Waals surface area contributed by atoms with Gasteiger partial charge in [0.15, 0.2) is 0 Å². The Bertz CT molecular complexity index is 368. The molecule has 1 rings (SSSR count). The second-order valence-corrected chi connectivity index (χ2v) is 4.88. The van der Waals surface area contributed by atoms with E-state index in [-0.39, 0.29) is 0 Å². The quantitative estimate of drug-likeness (QED) is 0.595. The van der Waals surface area contributed by atoms with E-state index in [0.717, 1.165) is 18.2 Å². The summed E-state index contributed by atoms with van der Waals surface area (Å²) in [6, 6.07) is 9.77. The molecule has 0 unspecified atom stereocenters. The number of benzene rings is 1. The molecule has 0 bridgehead atoms. The third-order valence-corrected chi connectivity index (χ3v) is 2.35. The fraction of sp³-hybridized carbons (Fsp3) is 0.333. The van der Waals surface area contributed by atoms with Crippen LogP contribution in [0.4, 0.5) is 0 Å². The van der Waals surface area contributed by atoms with Crippen LogP contribution >= 0.6 is 0 Å². The third kappa shape index (κ3) is 9.66. The standard InChI is InChI=1S/C9H13NO2S.BH3O2/c1-13(11,12)10-8-7-9-5-3-2-4-6-9;2-1-3/h2-6,10H,7-8H2,1H3;1-3H. The van der Waals surface area contributed by atoms with Crippen LogP contribution in [0.2, 0.25) is 0 Å². The monoisotopic (exact) mass is 245 g/mol. The highest BCUT2D eigenvalue weighted by Crippen LogP contribution is 1.98. The van der Waals surface area contributed by atoms with E-state index in [9.17, 15) is 8.42 Å². The summed E-state index contributed by atoms with van der Waals surface area (Å²) in [5.41, 5.74) is 1.14. The molecule has 7 heteroatoms. The van der Waals surface area contributed by atoms with E-state index in [2.05, 4.69) is 4.72 Å². The van der Waals surface area contributed by atoms with Crippen molar-refractivity contribution >= 4 is 17.7 Å². The van der Waals surface area contributed by atoms with Crippen LogP contribution in [0.3, 0.4) is 0 Å². The largest absolute Gasteiger partial charge is 0.432 e. The summed E-state index contributed by atoms with van der Waals surface area (Å²) in [5.74, 6) is 0. The SMILES string of the molecule is CS(=O)(=O)NCCc1ccccc1.OBO. The van der Waals surface area contributed by atoms with Crippen molar-refractivity contribution < 1.29 is 18.5 Å². The van der Waals surface area contributed by atoms with Gasteiger partial charge in [0.25, 0.3) is 0 Å². The molecule has 0 heterocycles. The molecule has 0 radical (unpaired) electrons. The molecule has 16 heavy (non-hydrogen) atoms. The van der Waals surface area contributed by atoms with Crippen molar-refractivity contribution in [3.05, 3.63) is 35.9 Å². The predicted octanol–water partition coefficient (Wildman–Crippen LogP) is -0.984. The molecule has 0 atom stereocenters. The molecule has 0 aliphatic heterocycles. The summed E-state index contributed by atoms with van der Waals surface area (Å²) >= 11 is 0. The van der Waals surface area contributed by atoms with Crippen LogP contribution in [0.25, 0.3) is 0 Å². The van der Waals surface area contributed by atoms with Crippen LogP contribution in [-0.4, -0.2) is 39.0 Å². The van der Waals surface area contributed by atoms with Gasteiger partial charge in [-0.15, -0.1) is 0 Å². The van der Waals surface area contributed by atoms with Gasteiger partial charge in [-0.25, -0.2) is 13.1 Å². The molecule has 1 aromatic carbocycles. The van der Waals surface area contributed by atoms with Crippen LogP contribution in [0.5, 0.6) is 0 Å². The number of rotatable bonds is 4. The van der Waals surface area contributed by atoms with Gasteiger partial charge in [0.2, 0.25) is 10.0 Å². The van der Waals surface area contributed by atoms with Gasteiger partial charge in [-0.3, -0.25) is 0 Å². The topological polar surface area (TPSA) is 86.6 Å². The summed E-state index contributed by atoms with van der Waals surface area (Å²) in [6.45, 7) is 0.461. The van der Waals surface area contributed by atoms with Gasteiger partial charge in [0, 0.05) is 6.54 Å². The van der Waals surface area contributed by atoms with Gasteiger partial charge in [-0.1, -0.05) is 30.3 Å². The molecule has 0 saturated heterocycles. The van der Waals surface area contributed by atoms with E-state index in [4.69, 9.17) is 10.0 Å². The minimum absolute atomic E-state index is 0.461. The average molecular weight is 245 g/mol. The lowest BCUT2D eigenvalue weighted by atomic mass is 10.2. The molecule has 5 nitrogen and oxygen atoms in total. The van der Waals surface area contributed by atoms with Gasteiger partial charge in [0.1, 0.15) is 0 Å². The molecular weight excluding hydrogens is 229 g/mol. The molecule has 0 aliphatic rings. The normalized spacial score (nSPS) is 10.2. The minimum atomic E-state index is -3.04. The smallest absolute Gasteiger partial charge is 0.430 e. The van der Waals surface area contributed by atoms with Crippen molar-refractivity contribution in [1.29, 1.82) is 0 Å². The van der Waals surface area contributed by atoms with Gasteiger partial charge in [0.05, 0.1) is 6.26 Å². The zero-order valence-corrected chi connectivity index (χ0v) is 9.94. The van der Waals surface area contributed by atoms with E-state index in [1.165, 1.54) is 0 Å². The van der Waals surface area contributed by atoms with Crippen molar-refractivity contribution in [1.82, 2.24) is 4.72 Å². The number of sulfonamides is 1. The highest BCUT2D eigenvalue weighted by molar-refractivity contribution is 7.88. The Labute approximate surface area is 96.5 Å². The van der Waals surface area contributed by atoms with E-state index >= 15 is 0 Å². The fourth-order valence-corrected chi connectivity index (χ4v) is 1.50. The first-order valence-electron chi connectivity index (χ1n) is 4.70. The van der Waals surface area contributed by atoms with Gasteiger partial charge in [-0.05, 0) is 12.0 Å². The lowest BCUT2D eigenvalue weighted by molar-refractivity contribution is 0.448. The van der Waals surface area contributed by atoms with Crippen LogP contribution in [0, 0.1) is 0 Å². The van der Waals surface area contributed by atoms with Gasteiger partial charge >= 0.3 is 7.69 Å². The van der Waals surface area contributed by atoms with Crippen LogP contribution in [-0.2, 0) is 16.4 Å². The second kappa shape index (κ2) is 8.29. The van der Waals surface area contributed by atoms with Crippen LogP contribution in [0.15, 0.2) is 30.3 Å². The second-order valence-electron chi connectivity index (χ2n) is 3.04. The summed E-state index contributed by atoms with van der Waals surface area (Å²) < 4.78 is 23.9. The Balaban J connectivity index is 0.000000673. The maximum atomic E-state index is 10.7. The molecule has 0 aromatic heterocycles. The first kappa shape index (κ1) is 15.1. The minimum Gasteiger partial charge on any atom is -0.430 e. The maximum absolute atomic E-state index is 10.7. The molecule has 0 amide bonds. The van der Waals surface area contributed by atoms with Crippen molar-refractivity contribution in [3.63, 3.8) is 0 Å². The van der Waals surface area contributed by atoms with E-state index < -0.39 is 17.7 Å². The highest BCUT2D eigenvalue weighted by Gasteiger charge is 1.98. The predicted molar refractivity (Wildman–Crippen MR) is 64.6 cm³/mol. The molecule has 0 aliphatic carbocycles. The van der Waals surface area contributed by atoms with Crippen molar-refractivity contribution in [3.8, 4) is 0 Å². The zero-order chi connectivity index (χ0) is 12.4. The molecule has 3 N–H and O–H groups in total. The molecule has 0 fully saturated rings. The first-order chi connectivity index (χ1) is 7.49. The molecule has 1 aromatic rings. The maximum Gasteiger partial charge on any atom is 0.432 e. The Kier molecular flexibility index (Phi) is 7.83. The number of hydrogen-bond acceptors (Lipinski definition) is 4. The summed E-state index contributed by atoms with van der Waals surface area (Å²) in [4.78, 5) is 0. The highest BCUT2D eigenvalue weighted by atomic mass is 32.2. The Morgan fingerprint density at radius 2 is 1.75 bits per heavy atom. The Morgan fingerprint density at radius 3 is 2.19 bits per heavy atom. The summed E-state index contributed by atoms with van der Waals surface area (Å²) in [6.07, 6.45) is 1.89.